The van der Waals surface area contributed by atoms with Crippen LogP contribution in [-0.2, 0) is 9.59 Å². The molecule has 106 valence electrons. The van der Waals surface area contributed by atoms with Crippen LogP contribution >= 0.6 is 0 Å². The number of hydrogen-bond acceptors (Lipinski definition) is 2. The summed E-state index contributed by atoms with van der Waals surface area (Å²) < 4.78 is 0. The zero-order chi connectivity index (χ0) is 14.5. The van der Waals surface area contributed by atoms with Crippen molar-refractivity contribution >= 4 is 11.8 Å². The van der Waals surface area contributed by atoms with Crippen molar-refractivity contribution in [2.45, 2.75) is 12.8 Å². The molecule has 2 aliphatic rings. The SMILES string of the molecule is C=CC1=CCN(C(=O)CCC(=O)N2CC=C(C=C)C2)C1. The molecule has 0 radical (unpaired) electrons. The molecule has 0 saturated heterocycles. The van der Waals surface area contributed by atoms with E-state index in [9.17, 15) is 9.59 Å². The first-order valence-electron chi connectivity index (χ1n) is 6.82. The fourth-order valence-corrected chi connectivity index (χ4v) is 2.36. The summed E-state index contributed by atoms with van der Waals surface area (Å²) in [4.78, 5) is 27.5. The van der Waals surface area contributed by atoms with Gasteiger partial charge >= 0.3 is 0 Å². The van der Waals surface area contributed by atoms with Crippen molar-refractivity contribution in [3.8, 4) is 0 Å². The van der Waals surface area contributed by atoms with Gasteiger partial charge in [-0.3, -0.25) is 9.59 Å². The molecule has 0 aromatic rings. The normalized spacial score (nSPS) is 17.8. The van der Waals surface area contributed by atoms with Crippen molar-refractivity contribution in [2.75, 3.05) is 26.2 Å². The first kappa shape index (κ1) is 14.3. The molecule has 2 aliphatic heterocycles. The first-order chi connectivity index (χ1) is 9.63. The molecule has 0 aromatic carbocycles. The van der Waals surface area contributed by atoms with Gasteiger partial charge in [0.15, 0.2) is 0 Å². The van der Waals surface area contributed by atoms with Crippen LogP contribution in [-0.4, -0.2) is 47.8 Å². The quantitative estimate of drug-likeness (QED) is 0.764. The summed E-state index contributed by atoms with van der Waals surface area (Å²) in [5, 5.41) is 0. The van der Waals surface area contributed by atoms with E-state index in [1.54, 1.807) is 22.0 Å². The molecule has 2 rings (SSSR count). The van der Waals surface area contributed by atoms with Gasteiger partial charge in [0.25, 0.3) is 0 Å². The zero-order valence-electron chi connectivity index (χ0n) is 11.7. The maximum atomic E-state index is 12.0. The van der Waals surface area contributed by atoms with Crippen molar-refractivity contribution in [2.24, 2.45) is 0 Å². The summed E-state index contributed by atoms with van der Waals surface area (Å²) in [6.07, 6.45) is 8.07. The highest BCUT2D eigenvalue weighted by atomic mass is 16.2. The molecule has 0 unspecified atom stereocenters. The number of rotatable bonds is 5. The standard InChI is InChI=1S/C16H20N2O2/c1-3-13-7-9-17(11-13)15(19)5-6-16(20)18-10-8-14(4-2)12-18/h3-4,7-8H,1-2,5-6,9-12H2. The van der Waals surface area contributed by atoms with Crippen LogP contribution < -0.4 is 0 Å². The van der Waals surface area contributed by atoms with Gasteiger partial charge in [0.1, 0.15) is 0 Å². The summed E-state index contributed by atoms with van der Waals surface area (Å²) >= 11 is 0. The van der Waals surface area contributed by atoms with E-state index < -0.39 is 0 Å². The monoisotopic (exact) mass is 272 g/mol. The molecule has 2 amide bonds. The molecule has 0 fully saturated rings. The predicted molar refractivity (Wildman–Crippen MR) is 79.0 cm³/mol. The van der Waals surface area contributed by atoms with E-state index in [1.807, 2.05) is 12.2 Å². The topological polar surface area (TPSA) is 40.6 Å². The van der Waals surface area contributed by atoms with Crippen LogP contribution in [0, 0.1) is 0 Å². The number of nitrogens with zero attached hydrogens (tertiary/aromatic N) is 2. The van der Waals surface area contributed by atoms with E-state index in [0.29, 0.717) is 26.2 Å². The molecule has 0 saturated carbocycles. The van der Waals surface area contributed by atoms with E-state index in [2.05, 4.69) is 13.2 Å². The Morgan fingerprint density at radius 2 is 1.35 bits per heavy atom. The number of amides is 2. The lowest BCUT2D eigenvalue weighted by Gasteiger charge is -2.18. The van der Waals surface area contributed by atoms with Crippen LogP contribution in [0.15, 0.2) is 48.6 Å². The van der Waals surface area contributed by atoms with Gasteiger partial charge in [-0.2, -0.15) is 0 Å². The van der Waals surface area contributed by atoms with Crippen molar-refractivity contribution in [1.29, 1.82) is 0 Å². The summed E-state index contributed by atoms with van der Waals surface area (Å²) in [5.41, 5.74) is 2.15. The molecule has 0 spiro atoms. The lowest BCUT2D eigenvalue weighted by atomic mass is 10.2. The summed E-state index contributed by atoms with van der Waals surface area (Å²) in [6, 6.07) is 0. The molecule has 4 heteroatoms. The predicted octanol–water partition coefficient (Wildman–Crippen LogP) is 1.68. The average Bonchev–Trinajstić information content (AvgIpc) is 3.12. The maximum absolute atomic E-state index is 12.0. The number of carbonyl (C=O) groups is 2. The minimum atomic E-state index is 0.0301. The van der Waals surface area contributed by atoms with Crippen LogP contribution in [0.5, 0.6) is 0 Å². The molecule has 4 nitrogen and oxygen atoms in total. The van der Waals surface area contributed by atoms with Gasteiger partial charge in [0, 0.05) is 39.0 Å². The van der Waals surface area contributed by atoms with E-state index in [1.165, 1.54) is 0 Å². The van der Waals surface area contributed by atoms with Crippen molar-refractivity contribution in [1.82, 2.24) is 9.80 Å². The Labute approximate surface area is 119 Å². The van der Waals surface area contributed by atoms with Crippen LogP contribution in [0.3, 0.4) is 0 Å². The highest BCUT2D eigenvalue weighted by molar-refractivity contribution is 5.84. The lowest BCUT2D eigenvalue weighted by Crippen LogP contribution is -2.32. The molecule has 0 bridgehead atoms. The maximum Gasteiger partial charge on any atom is 0.223 e. The third-order valence-corrected chi connectivity index (χ3v) is 3.68. The van der Waals surface area contributed by atoms with Crippen LogP contribution in [0.4, 0.5) is 0 Å². The Hall–Kier alpha value is -2.10. The second kappa shape index (κ2) is 6.37. The van der Waals surface area contributed by atoms with Gasteiger partial charge in [-0.25, -0.2) is 0 Å². The minimum absolute atomic E-state index is 0.0301. The second-order valence-electron chi connectivity index (χ2n) is 5.01. The van der Waals surface area contributed by atoms with Gasteiger partial charge in [0.05, 0.1) is 0 Å². The van der Waals surface area contributed by atoms with Crippen molar-refractivity contribution < 1.29 is 9.59 Å². The molecule has 0 atom stereocenters. The molecule has 0 aromatic heterocycles. The number of carbonyl (C=O) groups excluding carboxylic acids is 2. The largest absolute Gasteiger partial charge is 0.335 e. The fraction of sp³-hybridized carbons (Fsp3) is 0.375. The highest BCUT2D eigenvalue weighted by Gasteiger charge is 2.22. The molecular formula is C16H20N2O2. The summed E-state index contributed by atoms with van der Waals surface area (Å²) in [5.74, 6) is 0.0603. The Morgan fingerprint density at radius 1 is 0.950 bits per heavy atom. The van der Waals surface area contributed by atoms with Gasteiger partial charge in [0.2, 0.25) is 11.8 Å². The molecule has 2 heterocycles. The van der Waals surface area contributed by atoms with Gasteiger partial charge < -0.3 is 9.80 Å². The Balaban J connectivity index is 1.73. The average molecular weight is 272 g/mol. The molecule has 0 aliphatic carbocycles. The van der Waals surface area contributed by atoms with Crippen LogP contribution in [0.1, 0.15) is 12.8 Å². The van der Waals surface area contributed by atoms with E-state index >= 15 is 0 Å². The van der Waals surface area contributed by atoms with E-state index in [0.717, 1.165) is 11.1 Å². The highest BCUT2D eigenvalue weighted by Crippen LogP contribution is 2.14. The van der Waals surface area contributed by atoms with Gasteiger partial charge in [-0.1, -0.05) is 37.5 Å². The molecule has 0 N–H and O–H groups in total. The van der Waals surface area contributed by atoms with Crippen molar-refractivity contribution in [3.63, 3.8) is 0 Å². The number of hydrogen-bond donors (Lipinski definition) is 0. The van der Waals surface area contributed by atoms with Crippen LogP contribution in [0.25, 0.3) is 0 Å². The molecule has 20 heavy (non-hydrogen) atoms. The van der Waals surface area contributed by atoms with E-state index in [-0.39, 0.29) is 24.7 Å². The smallest absolute Gasteiger partial charge is 0.223 e. The minimum Gasteiger partial charge on any atom is -0.335 e. The molecular weight excluding hydrogens is 252 g/mol. The van der Waals surface area contributed by atoms with Gasteiger partial charge in [-0.05, 0) is 11.1 Å². The Morgan fingerprint density at radius 3 is 1.65 bits per heavy atom. The van der Waals surface area contributed by atoms with Gasteiger partial charge in [-0.15, -0.1) is 0 Å². The zero-order valence-corrected chi connectivity index (χ0v) is 11.7. The Bertz CT molecular complexity index is 457. The van der Waals surface area contributed by atoms with E-state index in [4.69, 9.17) is 0 Å². The fourth-order valence-electron chi connectivity index (χ4n) is 2.36. The third kappa shape index (κ3) is 3.26. The van der Waals surface area contributed by atoms with Crippen molar-refractivity contribution in [3.05, 3.63) is 48.6 Å². The summed E-state index contributed by atoms with van der Waals surface area (Å²) in [7, 11) is 0. The Kier molecular flexibility index (Phi) is 4.56. The van der Waals surface area contributed by atoms with Crippen LogP contribution in [0.2, 0.25) is 0 Å². The second-order valence-corrected chi connectivity index (χ2v) is 5.01. The third-order valence-electron chi connectivity index (χ3n) is 3.68. The first-order valence-corrected chi connectivity index (χ1v) is 6.82. The lowest BCUT2D eigenvalue weighted by molar-refractivity contribution is -0.135. The summed E-state index contributed by atoms with van der Waals surface area (Å²) in [6.45, 7) is 9.87.